The third-order valence-electron chi connectivity index (χ3n) is 5.39. The van der Waals surface area contributed by atoms with E-state index in [1.54, 1.807) is 29.5 Å². The topological polar surface area (TPSA) is 53.5 Å². The number of hydrogen-bond acceptors (Lipinski definition) is 5. The van der Waals surface area contributed by atoms with Crippen LogP contribution in [0.1, 0.15) is 11.1 Å². The molecule has 30 heavy (non-hydrogen) atoms. The summed E-state index contributed by atoms with van der Waals surface area (Å²) < 4.78 is 28.3. The quantitative estimate of drug-likeness (QED) is 0.460. The molecule has 0 N–H and O–H groups in total. The lowest BCUT2D eigenvalue weighted by atomic mass is 10.0. The van der Waals surface area contributed by atoms with Gasteiger partial charge >= 0.3 is 0 Å². The minimum atomic E-state index is -3.63. The van der Waals surface area contributed by atoms with Gasteiger partial charge in [-0.1, -0.05) is 45.7 Å². The largest absolute Gasteiger partial charge is 0.345 e. The van der Waals surface area contributed by atoms with E-state index in [-0.39, 0.29) is 9.92 Å². The Morgan fingerprint density at radius 2 is 1.83 bits per heavy atom. The Morgan fingerprint density at radius 3 is 2.53 bits per heavy atom. The highest BCUT2D eigenvalue weighted by Crippen LogP contribution is 2.32. The average Bonchev–Trinajstić information content (AvgIpc) is 3.20. The third-order valence-corrected chi connectivity index (χ3v) is 9.17. The van der Waals surface area contributed by atoms with Crippen molar-refractivity contribution in [3.8, 4) is 11.3 Å². The molecule has 0 saturated carbocycles. The van der Waals surface area contributed by atoms with Crippen LogP contribution in [0.2, 0.25) is 5.02 Å². The molecule has 2 aromatic carbocycles. The molecule has 9 heteroatoms. The van der Waals surface area contributed by atoms with E-state index < -0.39 is 10.0 Å². The van der Waals surface area contributed by atoms with Crippen LogP contribution in [0.15, 0.2) is 51.1 Å². The zero-order valence-electron chi connectivity index (χ0n) is 16.6. The van der Waals surface area contributed by atoms with E-state index in [0.29, 0.717) is 26.2 Å². The number of benzene rings is 2. The molecule has 158 valence electrons. The van der Waals surface area contributed by atoms with Gasteiger partial charge in [-0.15, -0.1) is 11.3 Å². The summed E-state index contributed by atoms with van der Waals surface area (Å²) in [5, 5.41) is 3.22. The zero-order chi connectivity index (χ0) is 21.5. The Labute approximate surface area is 194 Å². The van der Waals surface area contributed by atoms with Crippen LogP contribution < -0.4 is 4.90 Å². The maximum atomic E-state index is 13.0. The number of sulfonamides is 1. The number of anilines is 1. The molecule has 0 spiro atoms. The molecule has 3 aromatic rings. The van der Waals surface area contributed by atoms with Gasteiger partial charge in [0.05, 0.1) is 10.7 Å². The van der Waals surface area contributed by atoms with Crippen LogP contribution in [0, 0.1) is 13.8 Å². The number of aryl methyl sites for hydroxylation is 1. The predicted molar refractivity (Wildman–Crippen MR) is 127 cm³/mol. The summed E-state index contributed by atoms with van der Waals surface area (Å²) in [5.74, 6) is 0. The molecule has 1 saturated heterocycles. The van der Waals surface area contributed by atoms with Crippen molar-refractivity contribution >= 4 is 54.0 Å². The van der Waals surface area contributed by atoms with Crippen molar-refractivity contribution in [3.63, 3.8) is 0 Å². The molecule has 0 bridgehead atoms. The summed E-state index contributed by atoms with van der Waals surface area (Å²) >= 11 is 11.1. The van der Waals surface area contributed by atoms with Crippen molar-refractivity contribution in [2.24, 2.45) is 0 Å². The predicted octanol–water partition coefficient (Wildman–Crippen LogP) is 5.35. The standard InChI is InChI=1S/C21H21BrClN3O2S2/c1-14-4-3-5-17(15(14)2)19-13-29-21(24-19)25-8-10-26(11-9-25)30(27,28)20-7-6-16(22)12-18(20)23/h3-7,12-13H,8-11H2,1-2H3. The smallest absolute Gasteiger partial charge is 0.244 e. The molecule has 0 unspecified atom stereocenters. The van der Waals surface area contributed by atoms with Crippen LogP contribution in [-0.4, -0.2) is 43.9 Å². The molecule has 0 atom stereocenters. The Bertz CT molecular complexity index is 1190. The number of rotatable bonds is 4. The summed E-state index contributed by atoms with van der Waals surface area (Å²) in [5.41, 5.74) is 4.58. The maximum absolute atomic E-state index is 13.0. The fraction of sp³-hybridized carbons (Fsp3) is 0.286. The number of hydrogen-bond donors (Lipinski definition) is 0. The lowest BCUT2D eigenvalue weighted by Crippen LogP contribution is -2.48. The lowest BCUT2D eigenvalue weighted by Gasteiger charge is -2.34. The average molecular weight is 527 g/mol. The molecule has 1 aromatic heterocycles. The highest BCUT2D eigenvalue weighted by Gasteiger charge is 2.31. The normalized spacial score (nSPS) is 15.5. The number of piperazine rings is 1. The van der Waals surface area contributed by atoms with Gasteiger partial charge in [-0.2, -0.15) is 4.31 Å². The van der Waals surface area contributed by atoms with Gasteiger partial charge in [0.25, 0.3) is 0 Å². The van der Waals surface area contributed by atoms with Crippen LogP contribution in [0.4, 0.5) is 5.13 Å². The molecule has 5 nitrogen and oxygen atoms in total. The molecule has 1 aliphatic heterocycles. The van der Waals surface area contributed by atoms with Gasteiger partial charge in [-0.25, -0.2) is 13.4 Å². The van der Waals surface area contributed by atoms with E-state index in [4.69, 9.17) is 16.6 Å². The van der Waals surface area contributed by atoms with Crippen LogP contribution >= 0.6 is 38.9 Å². The molecule has 0 amide bonds. The van der Waals surface area contributed by atoms with Gasteiger partial charge in [0.2, 0.25) is 10.0 Å². The van der Waals surface area contributed by atoms with Gasteiger partial charge in [0.15, 0.2) is 5.13 Å². The fourth-order valence-electron chi connectivity index (χ4n) is 3.51. The van der Waals surface area contributed by atoms with Gasteiger partial charge in [-0.3, -0.25) is 0 Å². The van der Waals surface area contributed by atoms with Gasteiger partial charge in [0.1, 0.15) is 4.90 Å². The SMILES string of the molecule is Cc1cccc(-c2csc(N3CCN(S(=O)(=O)c4ccc(Br)cc4Cl)CC3)n2)c1C. The van der Waals surface area contributed by atoms with E-state index in [2.05, 4.69) is 52.2 Å². The van der Waals surface area contributed by atoms with E-state index in [9.17, 15) is 8.42 Å². The fourth-order valence-corrected chi connectivity index (χ4v) is 6.82. The minimum Gasteiger partial charge on any atom is -0.345 e. The van der Waals surface area contributed by atoms with Crippen LogP contribution in [0.25, 0.3) is 11.3 Å². The van der Waals surface area contributed by atoms with Crippen molar-refractivity contribution in [1.82, 2.24) is 9.29 Å². The van der Waals surface area contributed by atoms with E-state index in [0.717, 1.165) is 20.9 Å². The van der Waals surface area contributed by atoms with Crippen molar-refractivity contribution in [3.05, 3.63) is 62.4 Å². The first-order valence-electron chi connectivity index (χ1n) is 9.49. The van der Waals surface area contributed by atoms with Crippen molar-refractivity contribution in [2.45, 2.75) is 18.7 Å². The summed E-state index contributed by atoms with van der Waals surface area (Å²) in [6, 6.07) is 11.1. The first kappa shape index (κ1) is 21.8. The van der Waals surface area contributed by atoms with Crippen molar-refractivity contribution in [1.29, 1.82) is 0 Å². The monoisotopic (exact) mass is 525 g/mol. The molecule has 0 aliphatic carbocycles. The zero-order valence-corrected chi connectivity index (χ0v) is 20.6. The maximum Gasteiger partial charge on any atom is 0.244 e. The number of halogens is 2. The molecular weight excluding hydrogens is 506 g/mol. The second-order valence-corrected chi connectivity index (χ2v) is 11.3. The van der Waals surface area contributed by atoms with Crippen LogP contribution in [0.3, 0.4) is 0 Å². The van der Waals surface area contributed by atoms with E-state index in [1.807, 2.05) is 6.07 Å². The Balaban J connectivity index is 1.49. The second-order valence-electron chi connectivity index (χ2n) is 7.23. The highest BCUT2D eigenvalue weighted by molar-refractivity contribution is 9.10. The first-order valence-corrected chi connectivity index (χ1v) is 13.0. The van der Waals surface area contributed by atoms with Gasteiger partial charge in [0, 0.05) is 41.6 Å². The molecule has 2 heterocycles. The minimum absolute atomic E-state index is 0.146. The summed E-state index contributed by atoms with van der Waals surface area (Å²) in [6.45, 7) is 6.19. The molecule has 1 aliphatic rings. The van der Waals surface area contributed by atoms with Gasteiger partial charge < -0.3 is 4.90 Å². The lowest BCUT2D eigenvalue weighted by molar-refractivity contribution is 0.385. The van der Waals surface area contributed by atoms with E-state index >= 15 is 0 Å². The van der Waals surface area contributed by atoms with E-state index in [1.165, 1.54) is 15.4 Å². The summed E-state index contributed by atoms with van der Waals surface area (Å²) in [6.07, 6.45) is 0. The Morgan fingerprint density at radius 1 is 1.10 bits per heavy atom. The van der Waals surface area contributed by atoms with Crippen molar-refractivity contribution < 1.29 is 8.42 Å². The Hall–Kier alpha value is -1.45. The van der Waals surface area contributed by atoms with Crippen LogP contribution in [0.5, 0.6) is 0 Å². The summed E-state index contributed by atoms with van der Waals surface area (Å²) in [4.78, 5) is 7.12. The Kier molecular flexibility index (Phi) is 6.23. The highest BCUT2D eigenvalue weighted by atomic mass is 79.9. The molecule has 4 rings (SSSR count). The first-order chi connectivity index (χ1) is 14.3. The summed E-state index contributed by atoms with van der Waals surface area (Å²) in [7, 11) is -3.63. The second kappa shape index (κ2) is 8.59. The van der Waals surface area contributed by atoms with Gasteiger partial charge in [-0.05, 0) is 43.2 Å². The van der Waals surface area contributed by atoms with Crippen molar-refractivity contribution in [2.75, 3.05) is 31.1 Å². The third kappa shape index (κ3) is 4.16. The number of aromatic nitrogens is 1. The molecule has 0 radical (unpaired) electrons. The molecule has 1 fully saturated rings. The number of thiazole rings is 1. The molecular formula is C21H21BrClN3O2S2. The number of nitrogens with zero attached hydrogens (tertiary/aromatic N) is 3. The van der Waals surface area contributed by atoms with Crippen LogP contribution in [-0.2, 0) is 10.0 Å².